The number of phenols is 1. The Kier molecular flexibility index (Phi) is 10.2. The number of carboxylic acid groups (broad SMARTS) is 2. The Bertz CT molecular complexity index is 1120. The van der Waals surface area contributed by atoms with Crippen LogP contribution in [0.4, 0.5) is 0 Å². The first kappa shape index (κ1) is 29.8. The molecular formula is C25H28O14. The van der Waals surface area contributed by atoms with Gasteiger partial charge in [-0.05, 0) is 29.8 Å². The van der Waals surface area contributed by atoms with Gasteiger partial charge in [-0.2, -0.15) is 0 Å². The van der Waals surface area contributed by atoms with Crippen molar-refractivity contribution in [1.82, 2.24) is 0 Å². The Balaban J connectivity index is 1.81. The minimum atomic E-state index is -1.82. The zero-order chi connectivity index (χ0) is 28.7. The van der Waals surface area contributed by atoms with Crippen LogP contribution in [0.25, 0.3) is 6.08 Å². The van der Waals surface area contributed by atoms with E-state index in [1.807, 2.05) is 0 Å². The fourth-order valence-corrected chi connectivity index (χ4v) is 3.91. The van der Waals surface area contributed by atoms with E-state index in [-0.39, 0.29) is 11.3 Å². The highest BCUT2D eigenvalue weighted by Crippen LogP contribution is 2.35. The number of hydrogen-bond donors (Lipinski definition) is 7. The molecule has 14 nitrogen and oxygen atoms in total. The molecule has 0 amide bonds. The monoisotopic (exact) mass is 552 g/mol. The molecule has 14 heteroatoms. The van der Waals surface area contributed by atoms with E-state index in [0.717, 1.165) is 12.3 Å². The van der Waals surface area contributed by atoms with Crippen LogP contribution in [0.1, 0.15) is 12.0 Å². The molecule has 2 heterocycles. The van der Waals surface area contributed by atoms with Gasteiger partial charge in [-0.3, -0.25) is 4.79 Å². The lowest BCUT2D eigenvalue weighted by Crippen LogP contribution is -2.60. The molecule has 3 rings (SSSR count). The molecule has 0 spiro atoms. The number of ether oxygens (including phenoxy) is 4. The Morgan fingerprint density at radius 2 is 1.69 bits per heavy atom. The molecule has 1 aromatic carbocycles. The molecule has 0 bridgehead atoms. The van der Waals surface area contributed by atoms with Gasteiger partial charge < -0.3 is 54.7 Å². The van der Waals surface area contributed by atoms with Gasteiger partial charge in [-0.15, -0.1) is 0 Å². The van der Waals surface area contributed by atoms with Crippen LogP contribution in [0.5, 0.6) is 5.75 Å². The van der Waals surface area contributed by atoms with Gasteiger partial charge >= 0.3 is 17.9 Å². The van der Waals surface area contributed by atoms with Crippen molar-refractivity contribution in [3.63, 3.8) is 0 Å². The molecule has 7 atom stereocenters. The zero-order valence-corrected chi connectivity index (χ0v) is 20.3. The first-order chi connectivity index (χ1) is 18.5. The number of aromatic hydroxyl groups is 1. The highest BCUT2D eigenvalue weighted by atomic mass is 16.8. The van der Waals surface area contributed by atoms with Crippen molar-refractivity contribution in [2.24, 2.45) is 5.92 Å². The number of benzene rings is 1. The number of aliphatic carboxylic acids is 2. The van der Waals surface area contributed by atoms with E-state index in [2.05, 4.69) is 0 Å². The Morgan fingerprint density at radius 1 is 1.00 bits per heavy atom. The molecule has 0 aromatic heterocycles. The van der Waals surface area contributed by atoms with Crippen molar-refractivity contribution in [1.29, 1.82) is 0 Å². The number of hydrogen-bond acceptors (Lipinski definition) is 12. The third-order valence-corrected chi connectivity index (χ3v) is 5.95. The first-order valence-corrected chi connectivity index (χ1v) is 11.6. The lowest BCUT2D eigenvalue weighted by Gasteiger charge is -2.41. The van der Waals surface area contributed by atoms with Crippen molar-refractivity contribution in [3.8, 4) is 5.75 Å². The largest absolute Gasteiger partial charge is 0.508 e. The number of carbonyl (C=O) groups is 3. The second-order valence-corrected chi connectivity index (χ2v) is 8.59. The molecule has 0 radical (unpaired) electrons. The van der Waals surface area contributed by atoms with E-state index in [0.29, 0.717) is 5.56 Å². The van der Waals surface area contributed by atoms with Crippen LogP contribution in [-0.2, 0) is 33.3 Å². The molecule has 0 saturated carbocycles. The summed E-state index contributed by atoms with van der Waals surface area (Å²) in [6.07, 6.45) is -6.07. The number of esters is 1. The van der Waals surface area contributed by atoms with Crippen molar-refractivity contribution in [2.45, 2.75) is 43.4 Å². The number of aliphatic hydroxyl groups excluding tert-OH is 4. The van der Waals surface area contributed by atoms with Crippen LogP contribution in [0.3, 0.4) is 0 Å². The molecule has 0 aliphatic carbocycles. The maximum atomic E-state index is 12.2. The Morgan fingerprint density at radius 3 is 2.31 bits per heavy atom. The average Bonchev–Trinajstić information content (AvgIpc) is 2.89. The van der Waals surface area contributed by atoms with E-state index in [4.69, 9.17) is 18.9 Å². The number of aliphatic hydroxyl groups is 4. The van der Waals surface area contributed by atoms with E-state index in [9.17, 15) is 50.1 Å². The van der Waals surface area contributed by atoms with Gasteiger partial charge in [-0.1, -0.05) is 12.1 Å². The normalized spacial score (nSPS) is 30.0. The number of rotatable bonds is 10. The molecule has 1 saturated heterocycles. The van der Waals surface area contributed by atoms with Gasteiger partial charge in [0.15, 0.2) is 6.29 Å². The molecular weight excluding hydrogens is 524 g/mol. The third kappa shape index (κ3) is 7.63. The minimum absolute atomic E-state index is 0.0437. The van der Waals surface area contributed by atoms with Gasteiger partial charge in [0.25, 0.3) is 0 Å². The smallest absolute Gasteiger partial charge is 0.335 e. The highest BCUT2D eigenvalue weighted by molar-refractivity contribution is 5.89. The topological polar surface area (TPSA) is 230 Å². The summed E-state index contributed by atoms with van der Waals surface area (Å²) in [4.78, 5) is 35.4. The molecule has 2 aliphatic rings. The molecule has 39 heavy (non-hydrogen) atoms. The first-order valence-electron chi connectivity index (χ1n) is 11.6. The summed E-state index contributed by atoms with van der Waals surface area (Å²) in [7, 11) is 0. The second-order valence-electron chi connectivity index (χ2n) is 8.59. The van der Waals surface area contributed by atoms with Crippen molar-refractivity contribution in [3.05, 3.63) is 59.4 Å². The maximum Gasteiger partial charge on any atom is 0.335 e. The zero-order valence-electron chi connectivity index (χ0n) is 20.3. The maximum absolute atomic E-state index is 12.2. The fourth-order valence-electron chi connectivity index (χ4n) is 3.91. The molecule has 212 valence electrons. The van der Waals surface area contributed by atoms with Crippen molar-refractivity contribution < 1.29 is 69.1 Å². The van der Waals surface area contributed by atoms with E-state index in [1.165, 1.54) is 24.3 Å². The summed E-state index contributed by atoms with van der Waals surface area (Å²) < 4.78 is 21.3. The van der Waals surface area contributed by atoms with Gasteiger partial charge in [0.05, 0.1) is 24.9 Å². The van der Waals surface area contributed by atoms with Gasteiger partial charge in [0.2, 0.25) is 6.29 Å². The highest BCUT2D eigenvalue weighted by Gasteiger charge is 2.46. The Labute approximate surface area is 221 Å². The van der Waals surface area contributed by atoms with Gasteiger partial charge in [0, 0.05) is 17.6 Å². The lowest BCUT2D eigenvalue weighted by molar-refractivity contribution is -0.327. The third-order valence-electron chi connectivity index (χ3n) is 5.95. The molecule has 7 N–H and O–H groups in total. The summed E-state index contributed by atoms with van der Waals surface area (Å²) in [6, 6.07) is 5.95. The predicted octanol–water partition coefficient (Wildman–Crippen LogP) is -0.893. The van der Waals surface area contributed by atoms with Crippen LogP contribution in [-0.4, -0.2) is 104 Å². The predicted molar refractivity (Wildman–Crippen MR) is 127 cm³/mol. The number of carbonyl (C=O) groups excluding carboxylic acids is 1. The van der Waals surface area contributed by atoms with Crippen molar-refractivity contribution in [2.75, 3.05) is 13.2 Å². The summed E-state index contributed by atoms with van der Waals surface area (Å²) in [5.74, 6) is -4.91. The molecule has 1 aromatic rings. The molecule has 2 aliphatic heterocycles. The second kappa shape index (κ2) is 13.3. The van der Waals surface area contributed by atoms with E-state index in [1.54, 1.807) is 12.1 Å². The van der Waals surface area contributed by atoms with Crippen LogP contribution < -0.4 is 0 Å². The summed E-state index contributed by atoms with van der Waals surface area (Å²) in [5, 5.41) is 67.9. The van der Waals surface area contributed by atoms with Crippen LogP contribution >= 0.6 is 0 Å². The summed E-state index contributed by atoms with van der Waals surface area (Å²) in [6.45, 7) is -1.20. The average molecular weight is 552 g/mol. The van der Waals surface area contributed by atoms with Gasteiger partial charge in [-0.25, -0.2) is 9.59 Å². The quantitative estimate of drug-likeness (QED) is 0.106. The summed E-state index contributed by atoms with van der Waals surface area (Å²) in [5.41, 5.74) is 0.0648. The molecule has 1 fully saturated rings. The van der Waals surface area contributed by atoms with Crippen LogP contribution in [0.2, 0.25) is 0 Å². The minimum Gasteiger partial charge on any atom is -0.508 e. The number of carboxylic acids is 2. The lowest BCUT2D eigenvalue weighted by atomic mass is 9.86. The fraction of sp³-hybridized carbons (Fsp3) is 0.400. The number of phenolic OH excluding ortho intramolecular Hbond substituents is 1. The van der Waals surface area contributed by atoms with E-state index >= 15 is 0 Å². The summed E-state index contributed by atoms with van der Waals surface area (Å²) >= 11 is 0. The Hall–Kier alpha value is -3.79. The van der Waals surface area contributed by atoms with Crippen LogP contribution in [0, 0.1) is 5.92 Å². The molecule has 0 unspecified atom stereocenters. The van der Waals surface area contributed by atoms with Crippen LogP contribution in [0.15, 0.2) is 53.8 Å². The SMILES string of the molecule is O=C(O)C[C@@H]1C(C(=O)O)=CO[C@H](O[C@H]2O[C@@H](CO)[C@@H](O)[C@@H](O)[C@H]2O)/C1=C\COC(=O)/C=C/c1ccc(O)cc1. The standard InChI is InChI=1S/C25H28O14/c26-10-17-20(31)21(32)22(33)25(38-17)39-24-14(15(9-18(28)29)16(11-37-24)23(34)35)7-8-36-19(30)6-3-12-1-4-13(27)5-2-12/h1-7,11,15,17,20-22,24-27,31-33H,8-10H2,(H,28,29)(H,34,35)/b6-3+,14-7-/t15-,17-,20+,21+,22+,24+,25+/m0/s1. The van der Waals surface area contributed by atoms with E-state index < -0.39 is 86.0 Å². The van der Waals surface area contributed by atoms with Crippen molar-refractivity contribution >= 4 is 24.0 Å². The van der Waals surface area contributed by atoms with Gasteiger partial charge in [0.1, 0.15) is 36.8 Å².